The van der Waals surface area contributed by atoms with E-state index in [1.807, 2.05) is 0 Å². The molecule has 0 aliphatic heterocycles. The number of hydrogen-bond acceptors (Lipinski definition) is 4. The lowest BCUT2D eigenvalue weighted by Crippen LogP contribution is -1.89. The summed E-state index contributed by atoms with van der Waals surface area (Å²) in [6, 6.07) is 13.0. The minimum absolute atomic E-state index is 0.0199. The number of allylic oxidation sites excluding steroid dienone is 1. The third kappa shape index (κ3) is 3.43. The van der Waals surface area contributed by atoms with Crippen LogP contribution in [-0.2, 0) is 0 Å². The number of nitrogens with zero attached hydrogens (tertiary/aromatic N) is 2. The number of halogens is 1. The fraction of sp³-hybridized carbons (Fsp3) is 0.0625. The minimum atomic E-state index is -0.483. The molecule has 6 heteroatoms. The summed E-state index contributed by atoms with van der Waals surface area (Å²) in [4.78, 5) is 10.2. The molecule has 0 saturated carbocycles. The average molecular weight is 315 g/mol. The van der Waals surface area contributed by atoms with Gasteiger partial charge in [0, 0.05) is 12.1 Å². The van der Waals surface area contributed by atoms with Gasteiger partial charge in [0.15, 0.2) is 0 Å². The van der Waals surface area contributed by atoms with Crippen molar-refractivity contribution in [3.8, 4) is 11.8 Å². The molecule has 22 heavy (non-hydrogen) atoms. The van der Waals surface area contributed by atoms with Crippen LogP contribution in [0.5, 0.6) is 5.75 Å². The minimum Gasteiger partial charge on any atom is -0.495 e. The quantitative estimate of drug-likeness (QED) is 0.364. The Balaban J connectivity index is 2.37. The Labute approximate surface area is 132 Å². The topological polar surface area (TPSA) is 76.2 Å². The van der Waals surface area contributed by atoms with Gasteiger partial charge in [0.1, 0.15) is 5.75 Å². The van der Waals surface area contributed by atoms with Gasteiger partial charge < -0.3 is 4.74 Å². The van der Waals surface area contributed by atoms with Crippen LogP contribution >= 0.6 is 11.6 Å². The summed E-state index contributed by atoms with van der Waals surface area (Å²) in [6.45, 7) is 0. The first-order valence-electron chi connectivity index (χ1n) is 6.25. The van der Waals surface area contributed by atoms with Crippen molar-refractivity contribution in [2.24, 2.45) is 0 Å². The van der Waals surface area contributed by atoms with Crippen molar-refractivity contribution in [3.63, 3.8) is 0 Å². The molecule has 110 valence electrons. The van der Waals surface area contributed by atoms with E-state index < -0.39 is 4.92 Å². The maximum atomic E-state index is 10.6. The normalized spacial score (nSPS) is 10.9. The number of ether oxygens (including phenoxy) is 1. The Kier molecular flexibility index (Phi) is 4.77. The lowest BCUT2D eigenvalue weighted by Gasteiger charge is -2.04. The summed E-state index contributed by atoms with van der Waals surface area (Å²) < 4.78 is 5.07. The number of nitriles is 1. The Hall–Kier alpha value is -2.84. The monoisotopic (exact) mass is 314 g/mol. The van der Waals surface area contributed by atoms with Crippen LogP contribution in [0.15, 0.2) is 42.5 Å². The molecule has 0 aliphatic rings. The van der Waals surface area contributed by atoms with Crippen LogP contribution in [-0.4, -0.2) is 12.0 Å². The van der Waals surface area contributed by atoms with E-state index >= 15 is 0 Å². The molecule has 0 heterocycles. The Morgan fingerprint density at radius 3 is 2.50 bits per heavy atom. The van der Waals surface area contributed by atoms with E-state index in [1.165, 1.54) is 31.4 Å². The Bertz CT molecular complexity index is 777. The number of non-ortho nitro benzene ring substituents is 1. The van der Waals surface area contributed by atoms with Gasteiger partial charge in [-0.05, 0) is 41.5 Å². The van der Waals surface area contributed by atoms with Gasteiger partial charge >= 0.3 is 0 Å². The zero-order valence-electron chi connectivity index (χ0n) is 11.6. The maximum absolute atomic E-state index is 10.6. The predicted octanol–water partition coefficient (Wildman–Crippen LogP) is 4.32. The second-order valence-electron chi connectivity index (χ2n) is 4.37. The maximum Gasteiger partial charge on any atom is 0.269 e. The number of methoxy groups -OCH3 is 1. The second-order valence-corrected chi connectivity index (χ2v) is 4.77. The molecule has 0 fully saturated rings. The van der Waals surface area contributed by atoms with E-state index in [4.69, 9.17) is 16.3 Å². The van der Waals surface area contributed by atoms with Crippen molar-refractivity contribution >= 4 is 28.9 Å². The number of benzene rings is 2. The van der Waals surface area contributed by atoms with Crippen LogP contribution in [0.25, 0.3) is 11.6 Å². The van der Waals surface area contributed by atoms with Gasteiger partial charge in [0.25, 0.3) is 5.69 Å². The fourth-order valence-electron chi connectivity index (χ4n) is 1.88. The van der Waals surface area contributed by atoms with Crippen LogP contribution < -0.4 is 4.74 Å². The molecule has 2 aromatic carbocycles. The summed E-state index contributed by atoms with van der Waals surface area (Å²) in [5.41, 5.74) is 1.70. The van der Waals surface area contributed by atoms with E-state index in [0.717, 1.165) is 5.56 Å². The first kappa shape index (κ1) is 15.5. The van der Waals surface area contributed by atoms with Gasteiger partial charge in [0.2, 0.25) is 0 Å². The molecule has 2 aromatic rings. The van der Waals surface area contributed by atoms with Crippen LogP contribution in [0.4, 0.5) is 5.69 Å². The molecule has 0 aliphatic carbocycles. The number of nitro benzene ring substituents is 1. The summed E-state index contributed by atoms with van der Waals surface area (Å²) in [5, 5.41) is 20.4. The zero-order valence-corrected chi connectivity index (χ0v) is 12.4. The number of nitro groups is 1. The Morgan fingerprint density at radius 1 is 1.32 bits per heavy atom. The SMILES string of the molecule is COc1ccc(/C=C(/C#N)c2ccc([N+](=O)[O-])cc2)cc1Cl. The van der Waals surface area contributed by atoms with E-state index in [1.54, 1.807) is 24.3 Å². The third-order valence-electron chi connectivity index (χ3n) is 3.00. The lowest BCUT2D eigenvalue weighted by molar-refractivity contribution is -0.384. The largest absolute Gasteiger partial charge is 0.495 e. The van der Waals surface area contributed by atoms with Crippen molar-refractivity contribution in [2.75, 3.05) is 7.11 Å². The fourth-order valence-corrected chi connectivity index (χ4v) is 2.15. The molecule has 0 spiro atoms. The molecular formula is C16H11ClN2O3. The van der Waals surface area contributed by atoms with Crippen LogP contribution in [0.2, 0.25) is 5.02 Å². The molecule has 0 saturated heterocycles. The van der Waals surface area contributed by atoms with Crippen LogP contribution in [0, 0.1) is 21.4 Å². The van der Waals surface area contributed by atoms with Crippen molar-refractivity contribution in [1.82, 2.24) is 0 Å². The van der Waals surface area contributed by atoms with Gasteiger partial charge in [-0.15, -0.1) is 0 Å². The highest BCUT2D eigenvalue weighted by molar-refractivity contribution is 6.32. The summed E-state index contributed by atoms with van der Waals surface area (Å²) >= 11 is 6.05. The summed E-state index contributed by atoms with van der Waals surface area (Å²) in [6.07, 6.45) is 1.66. The molecule has 0 unspecified atom stereocenters. The molecule has 5 nitrogen and oxygen atoms in total. The van der Waals surface area contributed by atoms with Gasteiger partial charge in [-0.2, -0.15) is 5.26 Å². The molecule has 0 bridgehead atoms. The second kappa shape index (κ2) is 6.74. The van der Waals surface area contributed by atoms with Crippen molar-refractivity contribution in [2.45, 2.75) is 0 Å². The van der Waals surface area contributed by atoms with Crippen molar-refractivity contribution in [3.05, 3.63) is 68.7 Å². The van der Waals surface area contributed by atoms with E-state index in [0.29, 0.717) is 21.9 Å². The van der Waals surface area contributed by atoms with Crippen molar-refractivity contribution in [1.29, 1.82) is 5.26 Å². The first-order chi connectivity index (χ1) is 10.5. The van der Waals surface area contributed by atoms with E-state index in [9.17, 15) is 15.4 Å². The van der Waals surface area contributed by atoms with Crippen molar-refractivity contribution < 1.29 is 9.66 Å². The first-order valence-corrected chi connectivity index (χ1v) is 6.63. The zero-order chi connectivity index (χ0) is 16.1. The highest BCUT2D eigenvalue weighted by atomic mass is 35.5. The smallest absolute Gasteiger partial charge is 0.269 e. The average Bonchev–Trinajstić information content (AvgIpc) is 2.53. The summed E-state index contributed by atoms with van der Waals surface area (Å²) in [5.74, 6) is 0.549. The summed E-state index contributed by atoms with van der Waals surface area (Å²) in [7, 11) is 1.52. The van der Waals surface area contributed by atoms with Crippen LogP contribution in [0.1, 0.15) is 11.1 Å². The number of hydrogen-bond donors (Lipinski definition) is 0. The van der Waals surface area contributed by atoms with Gasteiger partial charge in [-0.3, -0.25) is 10.1 Å². The molecule has 0 N–H and O–H groups in total. The highest BCUT2D eigenvalue weighted by Crippen LogP contribution is 2.27. The molecule has 0 amide bonds. The standard InChI is InChI=1S/C16H11ClN2O3/c1-22-16-7-2-11(9-15(16)17)8-13(10-18)12-3-5-14(6-4-12)19(20)21/h2-9H,1H3/b13-8-. The molecular weight excluding hydrogens is 304 g/mol. The van der Waals surface area contributed by atoms with Gasteiger partial charge in [-0.1, -0.05) is 17.7 Å². The predicted molar refractivity (Wildman–Crippen MR) is 84.6 cm³/mol. The van der Waals surface area contributed by atoms with Gasteiger partial charge in [0.05, 0.1) is 28.7 Å². The highest BCUT2D eigenvalue weighted by Gasteiger charge is 2.07. The van der Waals surface area contributed by atoms with E-state index in [-0.39, 0.29) is 5.69 Å². The Morgan fingerprint density at radius 2 is 2.00 bits per heavy atom. The lowest BCUT2D eigenvalue weighted by atomic mass is 10.0. The third-order valence-corrected chi connectivity index (χ3v) is 3.29. The molecule has 0 radical (unpaired) electrons. The van der Waals surface area contributed by atoms with Gasteiger partial charge in [-0.25, -0.2) is 0 Å². The molecule has 2 rings (SSSR count). The van der Waals surface area contributed by atoms with E-state index in [2.05, 4.69) is 6.07 Å². The number of rotatable bonds is 4. The molecule has 0 aromatic heterocycles. The molecule has 0 atom stereocenters. The van der Waals surface area contributed by atoms with Crippen LogP contribution in [0.3, 0.4) is 0 Å².